The summed E-state index contributed by atoms with van der Waals surface area (Å²) in [4.78, 5) is 13.8. The van der Waals surface area contributed by atoms with Crippen LogP contribution in [0.15, 0.2) is 12.1 Å². The highest BCUT2D eigenvalue weighted by Gasteiger charge is 2.31. The number of carbonyl (C=O) groups is 1. The summed E-state index contributed by atoms with van der Waals surface area (Å²) in [7, 11) is 3.10. The van der Waals surface area contributed by atoms with Crippen LogP contribution in [0.5, 0.6) is 11.5 Å². The van der Waals surface area contributed by atoms with Crippen LogP contribution in [0.3, 0.4) is 0 Å². The predicted octanol–water partition coefficient (Wildman–Crippen LogP) is 2.13. The molecule has 8 heteroatoms. The number of halogens is 3. The van der Waals surface area contributed by atoms with Gasteiger partial charge in [-0.1, -0.05) is 0 Å². The minimum Gasteiger partial charge on any atom is -0.493 e. The van der Waals surface area contributed by atoms with Crippen LogP contribution in [0.25, 0.3) is 0 Å². The van der Waals surface area contributed by atoms with Crippen molar-refractivity contribution in [1.82, 2.24) is 10.2 Å². The summed E-state index contributed by atoms with van der Waals surface area (Å²) in [5.41, 5.74) is 2.07. The van der Waals surface area contributed by atoms with Gasteiger partial charge in [-0.05, 0) is 36.6 Å². The molecule has 0 radical (unpaired) electrons. The van der Waals surface area contributed by atoms with E-state index in [2.05, 4.69) is 0 Å². The Morgan fingerprint density at radius 3 is 2.38 bits per heavy atom. The van der Waals surface area contributed by atoms with Gasteiger partial charge in [0.25, 0.3) is 0 Å². The third kappa shape index (κ3) is 4.31. The Kier molecular flexibility index (Phi) is 5.58. The number of nitrogens with one attached hydrogen (secondary N) is 1. The topological polar surface area (TPSA) is 50.8 Å². The molecule has 1 N–H and O–H groups in total. The molecule has 0 bridgehead atoms. The third-order valence-corrected chi connectivity index (χ3v) is 4.14. The van der Waals surface area contributed by atoms with Crippen molar-refractivity contribution >= 4 is 5.91 Å². The van der Waals surface area contributed by atoms with Crippen molar-refractivity contribution in [3.8, 4) is 11.5 Å². The Labute approximate surface area is 138 Å². The summed E-state index contributed by atoms with van der Waals surface area (Å²) in [5.74, 6) is 0.601. The molecule has 1 amide bonds. The van der Waals surface area contributed by atoms with E-state index in [1.165, 1.54) is 7.11 Å². The van der Waals surface area contributed by atoms with Crippen LogP contribution in [-0.4, -0.2) is 50.3 Å². The number of benzene rings is 1. The second-order valence-electron chi connectivity index (χ2n) is 5.71. The number of ether oxygens (including phenoxy) is 2. The van der Waals surface area contributed by atoms with E-state index in [1.54, 1.807) is 14.0 Å². The average Bonchev–Trinajstić information content (AvgIpc) is 2.56. The molecule has 0 aliphatic carbocycles. The lowest BCUT2D eigenvalue weighted by Crippen LogP contribution is -2.48. The smallest absolute Gasteiger partial charge is 0.405 e. The van der Waals surface area contributed by atoms with E-state index in [-0.39, 0.29) is 0 Å². The van der Waals surface area contributed by atoms with Crippen molar-refractivity contribution in [3.63, 3.8) is 0 Å². The first kappa shape index (κ1) is 18.4. The number of hydrogen-bond donors (Lipinski definition) is 1. The summed E-state index contributed by atoms with van der Waals surface area (Å²) in [6.45, 7) is 1.35. The minimum absolute atomic E-state index is 0.469. The Morgan fingerprint density at radius 1 is 1.25 bits per heavy atom. The molecule has 2 rings (SSSR count). The Balaban J connectivity index is 2.07. The highest BCUT2D eigenvalue weighted by Crippen LogP contribution is 2.33. The van der Waals surface area contributed by atoms with Gasteiger partial charge in [0.1, 0.15) is 6.54 Å². The van der Waals surface area contributed by atoms with Crippen molar-refractivity contribution < 1.29 is 27.4 Å². The maximum atomic E-state index is 12.2. The van der Waals surface area contributed by atoms with Crippen LogP contribution in [0.2, 0.25) is 0 Å². The molecule has 0 spiro atoms. The number of rotatable bonds is 5. The van der Waals surface area contributed by atoms with Gasteiger partial charge in [-0.15, -0.1) is 0 Å². The molecule has 5 nitrogen and oxygen atoms in total. The molecule has 0 fully saturated rings. The highest BCUT2D eigenvalue weighted by molar-refractivity contribution is 5.81. The summed E-state index contributed by atoms with van der Waals surface area (Å²) in [5, 5.41) is 1.93. The van der Waals surface area contributed by atoms with E-state index in [1.807, 2.05) is 22.3 Å². The molecule has 24 heavy (non-hydrogen) atoms. The standard InChI is InChI=1S/C16H21F3N2O3/c1-10(15(22)20-9-16(17,18)19)21-5-4-11-6-13(23-2)14(24-3)7-12(11)8-21/h6-7,10H,4-5,8-9H2,1-3H3,(H,20,22)/t10-/m1/s1. The van der Waals surface area contributed by atoms with Crippen molar-refractivity contribution in [2.75, 3.05) is 27.3 Å². The number of hydrogen-bond acceptors (Lipinski definition) is 4. The van der Waals surface area contributed by atoms with E-state index in [4.69, 9.17) is 9.47 Å². The third-order valence-electron chi connectivity index (χ3n) is 4.14. The lowest BCUT2D eigenvalue weighted by atomic mass is 9.97. The lowest BCUT2D eigenvalue weighted by Gasteiger charge is -2.33. The summed E-state index contributed by atoms with van der Waals surface area (Å²) in [6, 6.07) is 3.11. The fourth-order valence-electron chi connectivity index (χ4n) is 2.74. The molecule has 0 aromatic heterocycles. The SMILES string of the molecule is COc1cc2c(cc1OC)CN([C@H](C)C(=O)NCC(F)(F)F)CC2. The molecule has 1 aromatic carbocycles. The van der Waals surface area contributed by atoms with Crippen LogP contribution < -0.4 is 14.8 Å². The van der Waals surface area contributed by atoms with Crippen LogP contribution in [0, 0.1) is 0 Å². The average molecular weight is 346 g/mol. The molecule has 1 aliphatic rings. The Bertz CT molecular complexity index is 605. The fraction of sp³-hybridized carbons (Fsp3) is 0.562. The zero-order chi connectivity index (χ0) is 17.9. The van der Waals surface area contributed by atoms with Gasteiger partial charge in [-0.25, -0.2) is 0 Å². The highest BCUT2D eigenvalue weighted by atomic mass is 19.4. The van der Waals surface area contributed by atoms with Crippen molar-refractivity contribution in [3.05, 3.63) is 23.3 Å². The molecule has 134 valence electrons. The Morgan fingerprint density at radius 2 is 1.83 bits per heavy atom. The first-order valence-corrected chi connectivity index (χ1v) is 7.57. The number of methoxy groups -OCH3 is 2. The first-order chi connectivity index (χ1) is 11.2. The number of carbonyl (C=O) groups excluding carboxylic acids is 1. The zero-order valence-electron chi connectivity index (χ0n) is 13.9. The van der Waals surface area contributed by atoms with Crippen LogP contribution >= 0.6 is 0 Å². The van der Waals surface area contributed by atoms with E-state index in [0.29, 0.717) is 31.0 Å². The number of nitrogens with zero attached hydrogens (tertiary/aromatic N) is 1. The van der Waals surface area contributed by atoms with E-state index in [0.717, 1.165) is 11.1 Å². The van der Waals surface area contributed by atoms with Gasteiger partial charge in [0, 0.05) is 13.1 Å². The molecular formula is C16H21F3N2O3. The molecule has 0 unspecified atom stereocenters. The lowest BCUT2D eigenvalue weighted by molar-refractivity contribution is -0.141. The maximum Gasteiger partial charge on any atom is 0.405 e. The Hall–Kier alpha value is -1.96. The number of alkyl halides is 3. The van der Waals surface area contributed by atoms with E-state index < -0.39 is 24.7 Å². The van der Waals surface area contributed by atoms with Gasteiger partial charge in [0.05, 0.1) is 20.3 Å². The zero-order valence-corrected chi connectivity index (χ0v) is 13.9. The molecule has 1 aromatic rings. The van der Waals surface area contributed by atoms with Gasteiger partial charge in [0.2, 0.25) is 5.91 Å². The van der Waals surface area contributed by atoms with Crippen LogP contribution in [0.4, 0.5) is 13.2 Å². The van der Waals surface area contributed by atoms with Gasteiger partial charge in [-0.3, -0.25) is 9.69 Å². The largest absolute Gasteiger partial charge is 0.493 e. The first-order valence-electron chi connectivity index (χ1n) is 7.57. The second-order valence-corrected chi connectivity index (χ2v) is 5.71. The monoisotopic (exact) mass is 346 g/mol. The van der Waals surface area contributed by atoms with Gasteiger partial charge in [0.15, 0.2) is 11.5 Å². The van der Waals surface area contributed by atoms with Crippen LogP contribution in [0.1, 0.15) is 18.1 Å². The predicted molar refractivity (Wildman–Crippen MR) is 82.2 cm³/mol. The van der Waals surface area contributed by atoms with Crippen molar-refractivity contribution in [2.45, 2.75) is 32.1 Å². The molecule has 1 heterocycles. The number of amides is 1. The summed E-state index contributed by atoms with van der Waals surface area (Å²) >= 11 is 0. The van der Waals surface area contributed by atoms with E-state index in [9.17, 15) is 18.0 Å². The molecule has 1 atom stereocenters. The van der Waals surface area contributed by atoms with Crippen molar-refractivity contribution in [1.29, 1.82) is 0 Å². The van der Waals surface area contributed by atoms with Gasteiger partial charge < -0.3 is 14.8 Å². The summed E-state index contributed by atoms with van der Waals surface area (Å²) in [6.07, 6.45) is -3.72. The van der Waals surface area contributed by atoms with Gasteiger partial charge >= 0.3 is 6.18 Å². The van der Waals surface area contributed by atoms with Crippen LogP contribution in [-0.2, 0) is 17.8 Å². The van der Waals surface area contributed by atoms with Crippen molar-refractivity contribution in [2.24, 2.45) is 0 Å². The molecule has 1 aliphatic heterocycles. The summed E-state index contributed by atoms with van der Waals surface area (Å²) < 4.78 is 47.2. The quantitative estimate of drug-likeness (QED) is 0.887. The number of fused-ring (bicyclic) bond motifs is 1. The molecular weight excluding hydrogens is 325 g/mol. The second kappa shape index (κ2) is 7.29. The van der Waals surface area contributed by atoms with Gasteiger partial charge in [-0.2, -0.15) is 13.2 Å². The minimum atomic E-state index is -4.41. The normalized spacial score (nSPS) is 16.2. The fourth-order valence-corrected chi connectivity index (χ4v) is 2.74. The molecule has 0 saturated heterocycles. The molecule has 0 saturated carbocycles. The van der Waals surface area contributed by atoms with E-state index >= 15 is 0 Å². The maximum absolute atomic E-state index is 12.2.